The van der Waals surface area contributed by atoms with Gasteiger partial charge in [-0.1, -0.05) is 0 Å². The molecule has 19 nitrogen and oxygen atoms in total. The Morgan fingerprint density at radius 3 is 1.97 bits per heavy atom. The summed E-state index contributed by atoms with van der Waals surface area (Å²) in [6.45, 7) is -0.124. The Balaban J connectivity index is 2.53. The van der Waals surface area contributed by atoms with Crippen molar-refractivity contribution in [3.8, 4) is 0 Å². The highest BCUT2D eigenvalue weighted by molar-refractivity contribution is 7.81. The number of carbonyl (C=O) groups is 2. The summed E-state index contributed by atoms with van der Waals surface area (Å²) in [5.74, 6) is -2.41. The smallest absolute Gasteiger partial charge is 0.397 e. The molecule has 2 aliphatic heterocycles. The molecule has 21 heteroatoms. The lowest BCUT2D eigenvalue weighted by Gasteiger charge is -2.47. The van der Waals surface area contributed by atoms with E-state index in [-0.39, 0.29) is 0 Å². The molecule has 6 N–H and O–H groups in total. The highest BCUT2D eigenvalue weighted by atomic mass is 32.3. The van der Waals surface area contributed by atoms with Crippen molar-refractivity contribution in [3.63, 3.8) is 0 Å². The lowest BCUT2D eigenvalue weighted by atomic mass is 9.95. The highest BCUT2D eigenvalue weighted by Gasteiger charge is 2.55. The molecule has 0 aromatic heterocycles. The van der Waals surface area contributed by atoms with Crippen molar-refractivity contribution in [2.45, 2.75) is 68.3 Å². The van der Waals surface area contributed by atoms with Gasteiger partial charge in [-0.15, -0.1) is 0 Å². The standard InChI is InChI=1S/C16H27NO18S2/c1-5(18)17-7-11(33-16-9(20)8(19)12(29-2)13(34-16)14(21)22)10(35-37(26,27)28)6(32-15(7)30-3)4-31-36(23,24)25/h6-13,15-16,19-20H,4H2,1-3H3,(H,17,18)(H,21,22)(H,23,24,25)(H,26,27,28)/t6?,7?,8-,9?,10+,11-,12+,13?,15-,16-/m1/s1. The summed E-state index contributed by atoms with van der Waals surface area (Å²) in [6.07, 6.45) is -16.9. The maximum atomic E-state index is 11.8. The van der Waals surface area contributed by atoms with Gasteiger partial charge in [0.15, 0.2) is 18.7 Å². The van der Waals surface area contributed by atoms with Gasteiger partial charge in [0.25, 0.3) is 0 Å². The van der Waals surface area contributed by atoms with Crippen molar-refractivity contribution >= 4 is 32.7 Å². The van der Waals surface area contributed by atoms with Crippen LogP contribution in [0.4, 0.5) is 0 Å². The minimum atomic E-state index is -5.37. The molecule has 4 unspecified atom stereocenters. The largest absolute Gasteiger partial charge is 0.479 e. The van der Waals surface area contributed by atoms with E-state index in [1.165, 1.54) is 0 Å². The number of carboxylic acids is 1. The highest BCUT2D eigenvalue weighted by Crippen LogP contribution is 2.32. The molecule has 10 atom stereocenters. The minimum Gasteiger partial charge on any atom is -0.479 e. The molecule has 2 saturated heterocycles. The van der Waals surface area contributed by atoms with Gasteiger partial charge in [-0.05, 0) is 0 Å². The number of hydrogen-bond donors (Lipinski definition) is 6. The first kappa shape index (κ1) is 31.6. The number of ether oxygens (including phenoxy) is 5. The second-order valence-corrected chi connectivity index (χ2v) is 9.89. The molecular weight excluding hydrogens is 558 g/mol. The van der Waals surface area contributed by atoms with Gasteiger partial charge < -0.3 is 44.3 Å². The van der Waals surface area contributed by atoms with Crippen LogP contribution in [0.15, 0.2) is 0 Å². The van der Waals surface area contributed by atoms with Crippen LogP contribution in [0.5, 0.6) is 0 Å². The Morgan fingerprint density at radius 1 is 0.892 bits per heavy atom. The predicted molar refractivity (Wildman–Crippen MR) is 111 cm³/mol. The van der Waals surface area contributed by atoms with Crippen LogP contribution < -0.4 is 5.32 Å². The normalized spacial score (nSPS) is 37.2. The summed E-state index contributed by atoms with van der Waals surface area (Å²) >= 11 is 0. The molecule has 2 heterocycles. The van der Waals surface area contributed by atoms with Gasteiger partial charge in [0.2, 0.25) is 5.91 Å². The molecule has 216 valence electrons. The molecule has 0 spiro atoms. The maximum Gasteiger partial charge on any atom is 0.397 e. The molecule has 2 rings (SSSR count). The zero-order valence-electron chi connectivity index (χ0n) is 19.3. The fraction of sp³-hybridized carbons (Fsp3) is 0.875. The number of carboxylic acid groups (broad SMARTS) is 1. The first-order valence-corrected chi connectivity index (χ1v) is 12.9. The summed E-state index contributed by atoms with van der Waals surface area (Å²) in [5, 5.41) is 32.6. The van der Waals surface area contributed by atoms with Crippen LogP contribution in [0.2, 0.25) is 0 Å². The van der Waals surface area contributed by atoms with E-state index in [1.807, 2.05) is 0 Å². The molecule has 0 aliphatic carbocycles. The Bertz CT molecular complexity index is 1020. The number of nitrogens with one attached hydrogen (secondary N) is 1. The van der Waals surface area contributed by atoms with Gasteiger partial charge in [0.1, 0.15) is 42.7 Å². The van der Waals surface area contributed by atoms with E-state index < -0.39 is 101 Å². The summed E-state index contributed by atoms with van der Waals surface area (Å²) in [4.78, 5) is 23.5. The monoisotopic (exact) mass is 585 g/mol. The quantitative estimate of drug-likeness (QED) is 0.125. The number of aliphatic hydroxyl groups is 2. The van der Waals surface area contributed by atoms with Crippen LogP contribution in [0.1, 0.15) is 6.92 Å². The Hall–Kier alpha value is -1.60. The molecule has 0 aromatic rings. The molecule has 0 saturated carbocycles. The number of hydrogen-bond acceptors (Lipinski definition) is 15. The molecule has 37 heavy (non-hydrogen) atoms. The van der Waals surface area contributed by atoms with Crippen LogP contribution in [0.25, 0.3) is 0 Å². The third kappa shape index (κ3) is 8.44. The SMILES string of the molecule is CO[C@@H]1OC(COS(=O)(=O)O)[C@H](OS(=O)(=O)O)[C@H](O[C@@H]2OC(C(=O)O)[C@@H](OC)[C@H](O)C2O)C1NC(C)=O. The summed E-state index contributed by atoms with van der Waals surface area (Å²) < 4.78 is 98.4. The summed E-state index contributed by atoms with van der Waals surface area (Å²) in [5.41, 5.74) is 0. The lowest BCUT2D eigenvalue weighted by Crippen LogP contribution is -2.69. The van der Waals surface area contributed by atoms with Crippen LogP contribution in [0, 0.1) is 0 Å². The Morgan fingerprint density at radius 2 is 1.51 bits per heavy atom. The number of amides is 1. The van der Waals surface area contributed by atoms with E-state index in [0.29, 0.717) is 0 Å². The number of aliphatic hydroxyl groups excluding tert-OH is 2. The fourth-order valence-corrected chi connectivity index (χ4v) is 4.58. The van der Waals surface area contributed by atoms with Gasteiger partial charge in [-0.2, -0.15) is 16.8 Å². The zero-order valence-corrected chi connectivity index (χ0v) is 21.0. The van der Waals surface area contributed by atoms with Crippen molar-refractivity contribution < 1.29 is 82.9 Å². The van der Waals surface area contributed by atoms with Crippen LogP contribution in [0.3, 0.4) is 0 Å². The maximum absolute atomic E-state index is 11.8. The van der Waals surface area contributed by atoms with Gasteiger partial charge in [-0.25, -0.2) is 13.2 Å². The van der Waals surface area contributed by atoms with Gasteiger partial charge in [-0.3, -0.25) is 13.9 Å². The molecule has 0 bridgehead atoms. The molecule has 2 aliphatic rings. The minimum absolute atomic E-state index is 0.768. The topological polar surface area (TPSA) is 280 Å². The molecular formula is C16H27NO18S2. The van der Waals surface area contributed by atoms with Gasteiger partial charge >= 0.3 is 26.8 Å². The number of aliphatic carboxylic acids is 1. The Labute approximate surface area is 210 Å². The van der Waals surface area contributed by atoms with Crippen molar-refractivity contribution in [1.29, 1.82) is 0 Å². The second kappa shape index (κ2) is 12.5. The summed E-state index contributed by atoms with van der Waals surface area (Å²) in [7, 11) is -8.39. The van der Waals surface area contributed by atoms with E-state index in [2.05, 4.69) is 13.7 Å². The molecule has 2 fully saturated rings. The van der Waals surface area contributed by atoms with E-state index in [9.17, 15) is 46.3 Å². The van der Waals surface area contributed by atoms with E-state index in [1.54, 1.807) is 0 Å². The van der Waals surface area contributed by atoms with E-state index in [0.717, 1.165) is 21.1 Å². The third-order valence-corrected chi connectivity index (χ3v) is 6.11. The third-order valence-electron chi connectivity index (χ3n) is 5.21. The van der Waals surface area contributed by atoms with Crippen molar-refractivity contribution in [2.24, 2.45) is 0 Å². The summed E-state index contributed by atoms with van der Waals surface area (Å²) in [6, 6.07) is -1.55. The van der Waals surface area contributed by atoms with Crippen molar-refractivity contribution in [3.05, 3.63) is 0 Å². The van der Waals surface area contributed by atoms with Crippen molar-refractivity contribution in [2.75, 3.05) is 20.8 Å². The van der Waals surface area contributed by atoms with Crippen LogP contribution in [-0.4, -0.2) is 135 Å². The lowest BCUT2D eigenvalue weighted by molar-refractivity contribution is -0.337. The molecule has 1 amide bonds. The molecule has 0 aromatic carbocycles. The Kier molecular flexibility index (Phi) is 10.7. The van der Waals surface area contributed by atoms with Crippen LogP contribution in [-0.2, 0) is 62.4 Å². The predicted octanol–water partition coefficient (Wildman–Crippen LogP) is -4.20. The number of rotatable bonds is 11. The second-order valence-electron chi connectivity index (χ2n) is 7.75. The van der Waals surface area contributed by atoms with E-state index >= 15 is 0 Å². The number of carbonyl (C=O) groups excluding carboxylic acids is 1. The molecule has 0 radical (unpaired) electrons. The van der Waals surface area contributed by atoms with Crippen molar-refractivity contribution in [1.82, 2.24) is 5.32 Å². The van der Waals surface area contributed by atoms with Gasteiger partial charge in [0.05, 0.1) is 6.61 Å². The van der Waals surface area contributed by atoms with Crippen LogP contribution >= 0.6 is 0 Å². The average molecular weight is 586 g/mol. The number of methoxy groups -OCH3 is 2. The first-order chi connectivity index (χ1) is 17.0. The zero-order chi connectivity index (χ0) is 28.3. The average Bonchev–Trinajstić information content (AvgIpc) is 2.75. The first-order valence-electron chi connectivity index (χ1n) is 10.1. The fourth-order valence-electron chi connectivity index (χ4n) is 3.76. The van der Waals surface area contributed by atoms with Gasteiger partial charge in [0, 0.05) is 21.1 Å². The van der Waals surface area contributed by atoms with E-state index in [4.69, 9.17) is 28.2 Å².